The number of aryl methyl sites for hydroxylation is 1. The zero-order chi connectivity index (χ0) is 23.8. The molecule has 0 aliphatic heterocycles. The highest BCUT2D eigenvalue weighted by molar-refractivity contribution is 5.99. The van der Waals surface area contributed by atoms with Crippen LogP contribution in [0.5, 0.6) is 0 Å². The summed E-state index contributed by atoms with van der Waals surface area (Å²) in [7, 11) is 0. The van der Waals surface area contributed by atoms with Gasteiger partial charge in [0.1, 0.15) is 5.60 Å². The number of rotatable bonds is 8. The molecule has 0 atom stereocenters. The third kappa shape index (κ3) is 7.85. The molecule has 2 aromatic rings. The Labute approximate surface area is 196 Å². The molecule has 33 heavy (non-hydrogen) atoms. The fourth-order valence-electron chi connectivity index (χ4n) is 4.12. The van der Waals surface area contributed by atoms with Gasteiger partial charge < -0.3 is 9.47 Å². The predicted octanol–water partition coefficient (Wildman–Crippen LogP) is 6.19. The second kappa shape index (κ2) is 11.3. The Morgan fingerprint density at radius 3 is 2.12 bits per heavy atom. The molecule has 5 heteroatoms. The van der Waals surface area contributed by atoms with Crippen molar-refractivity contribution in [2.45, 2.75) is 71.3 Å². The molecular weight excluding hydrogens is 416 g/mol. The molecular formula is C28H34O5. The van der Waals surface area contributed by atoms with Crippen LogP contribution in [-0.2, 0) is 15.9 Å². The van der Waals surface area contributed by atoms with E-state index in [1.165, 1.54) is 56.4 Å². The summed E-state index contributed by atoms with van der Waals surface area (Å²) >= 11 is 0. The van der Waals surface area contributed by atoms with Crippen LogP contribution in [0.1, 0.15) is 95.9 Å². The third-order valence-corrected chi connectivity index (χ3v) is 5.90. The van der Waals surface area contributed by atoms with Gasteiger partial charge in [0.25, 0.3) is 0 Å². The number of ether oxygens (including phenoxy) is 2. The van der Waals surface area contributed by atoms with E-state index in [1.54, 1.807) is 26.8 Å². The molecule has 3 rings (SSSR count). The first kappa shape index (κ1) is 24.7. The molecule has 0 radical (unpaired) electrons. The van der Waals surface area contributed by atoms with E-state index >= 15 is 0 Å². The highest BCUT2D eigenvalue weighted by Crippen LogP contribution is 2.27. The molecule has 0 spiro atoms. The maximum atomic E-state index is 12.6. The first-order chi connectivity index (χ1) is 15.7. The Morgan fingerprint density at radius 2 is 1.48 bits per heavy atom. The lowest BCUT2D eigenvalue weighted by atomic mass is 9.85. The number of carbonyl (C=O) groups is 3. The molecule has 176 valence electrons. The molecule has 0 aromatic heterocycles. The van der Waals surface area contributed by atoms with Crippen molar-refractivity contribution < 1.29 is 23.9 Å². The van der Waals surface area contributed by atoms with Gasteiger partial charge in [0.15, 0.2) is 12.4 Å². The fraction of sp³-hybridized carbons (Fsp3) is 0.464. The van der Waals surface area contributed by atoms with Gasteiger partial charge in [0.05, 0.1) is 11.1 Å². The lowest BCUT2D eigenvalue weighted by molar-refractivity contribution is 0.00690. The van der Waals surface area contributed by atoms with E-state index in [9.17, 15) is 14.4 Å². The van der Waals surface area contributed by atoms with Crippen LogP contribution in [0.2, 0.25) is 0 Å². The fourth-order valence-corrected chi connectivity index (χ4v) is 4.12. The number of benzene rings is 2. The standard InChI is InChI=1S/C28H34O5/c1-28(2,3)33-27(31)23-16-14-22(15-17-23)26(30)32-19-25(29)24-11-7-10-21(18-24)13-12-20-8-5-4-6-9-20/h7,10-11,14-18,20H,4-6,8-9,12-13,19H2,1-3H3. The van der Waals surface area contributed by atoms with Gasteiger partial charge in [0.2, 0.25) is 0 Å². The minimum atomic E-state index is -0.604. The van der Waals surface area contributed by atoms with Gasteiger partial charge in [-0.05, 0) is 75.4 Å². The van der Waals surface area contributed by atoms with E-state index in [1.807, 2.05) is 12.1 Å². The van der Waals surface area contributed by atoms with Crippen LogP contribution in [0.4, 0.5) is 0 Å². The van der Waals surface area contributed by atoms with E-state index in [0.29, 0.717) is 11.1 Å². The van der Waals surface area contributed by atoms with E-state index in [-0.39, 0.29) is 18.0 Å². The van der Waals surface area contributed by atoms with Gasteiger partial charge in [-0.25, -0.2) is 9.59 Å². The number of carbonyl (C=O) groups excluding carboxylic acids is 3. The summed E-state index contributed by atoms with van der Waals surface area (Å²) < 4.78 is 10.5. The topological polar surface area (TPSA) is 69.7 Å². The predicted molar refractivity (Wildman–Crippen MR) is 128 cm³/mol. The molecule has 1 fully saturated rings. The third-order valence-electron chi connectivity index (χ3n) is 5.90. The van der Waals surface area contributed by atoms with Crippen molar-refractivity contribution in [1.29, 1.82) is 0 Å². The van der Waals surface area contributed by atoms with E-state index < -0.39 is 17.5 Å². The number of esters is 2. The van der Waals surface area contributed by atoms with Crippen molar-refractivity contribution in [2.75, 3.05) is 6.61 Å². The lowest BCUT2D eigenvalue weighted by Gasteiger charge is -2.21. The van der Waals surface area contributed by atoms with Crippen molar-refractivity contribution >= 4 is 17.7 Å². The highest BCUT2D eigenvalue weighted by atomic mass is 16.6. The first-order valence-electron chi connectivity index (χ1n) is 11.8. The zero-order valence-electron chi connectivity index (χ0n) is 19.9. The van der Waals surface area contributed by atoms with Gasteiger partial charge in [-0.1, -0.05) is 50.3 Å². The highest BCUT2D eigenvalue weighted by Gasteiger charge is 2.19. The average Bonchev–Trinajstić information content (AvgIpc) is 2.81. The Hall–Kier alpha value is -2.95. The SMILES string of the molecule is CC(C)(C)OC(=O)c1ccc(C(=O)OCC(=O)c2cccc(CCC3CCCCC3)c2)cc1. The molecule has 0 amide bonds. The monoisotopic (exact) mass is 450 g/mol. The Balaban J connectivity index is 1.50. The van der Waals surface area contributed by atoms with Gasteiger partial charge in [-0.3, -0.25) is 4.79 Å². The van der Waals surface area contributed by atoms with Gasteiger partial charge >= 0.3 is 11.9 Å². The summed E-state index contributed by atoms with van der Waals surface area (Å²) in [6.45, 7) is 5.05. The van der Waals surface area contributed by atoms with Gasteiger partial charge in [0, 0.05) is 5.56 Å². The number of ketones is 1. The normalized spacial score (nSPS) is 14.5. The van der Waals surface area contributed by atoms with Crippen LogP contribution in [0.15, 0.2) is 48.5 Å². The first-order valence-corrected chi connectivity index (χ1v) is 11.8. The van der Waals surface area contributed by atoms with Crippen LogP contribution in [-0.4, -0.2) is 29.9 Å². The molecule has 0 unspecified atom stereocenters. The molecule has 0 saturated heterocycles. The second-order valence-electron chi connectivity index (χ2n) is 9.82. The van der Waals surface area contributed by atoms with Crippen molar-refractivity contribution in [1.82, 2.24) is 0 Å². The summed E-state index contributed by atoms with van der Waals surface area (Å²) in [5, 5.41) is 0. The maximum Gasteiger partial charge on any atom is 0.338 e. The van der Waals surface area contributed by atoms with Crippen LogP contribution in [0.3, 0.4) is 0 Å². The quantitative estimate of drug-likeness (QED) is 0.354. The maximum absolute atomic E-state index is 12.6. The smallest absolute Gasteiger partial charge is 0.338 e. The van der Waals surface area contributed by atoms with Crippen LogP contribution in [0.25, 0.3) is 0 Å². The minimum absolute atomic E-state index is 0.228. The molecule has 0 N–H and O–H groups in total. The van der Waals surface area contributed by atoms with E-state index in [4.69, 9.17) is 9.47 Å². The Morgan fingerprint density at radius 1 is 0.848 bits per heavy atom. The van der Waals surface area contributed by atoms with E-state index in [2.05, 4.69) is 6.07 Å². The number of hydrogen-bond acceptors (Lipinski definition) is 5. The average molecular weight is 451 g/mol. The summed E-state index contributed by atoms with van der Waals surface area (Å²) in [6.07, 6.45) is 8.77. The molecule has 0 heterocycles. The minimum Gasteiger partial charge on any atom is -0.456 e. The van der Waals surface area contributed by atoms with E-state index in [0.717, 1.165) is 24.3 Å². The van der Waals surface area contributed by atoms with Crippen molar-refractivity contribution in [3.05, 3.63) is 70.8 Å². The Bertz CT molecular complexity index is 963. The molecule has 1 aliphatic rings. The molecule has 1 saturated carbocycles. The van der Waals surface area contributed by atoms with Gasteiger partial charge in [-0.15, -0.1) is 0 Å². The van der Waals surface area contributed by atoms with Crippen LogP contribution in [0, 0.1) is 5.92 Å². The lowest BCUT2D eigenvalue weighted by Crippen LogP contribution is -2.23. The zero-order valence-corrected chi connectivity index (χ0v) is 19.9. The summed E-state index contributed by atoms with van der Waals surface area (Å²) in [5.74, 6) is -0.498. The van der Waals surface area contributed by atoms with Crippen molar-refractivity contribution in [2.24, 2.45) is 5.92 Å². The summed E-state index contributed by atoms with van der Waals surface area (Å²) in [5.41, 5.74) is 1.74. The molecule has 1 aliphatic carbocycles. The second-order valence-corrected chi connectivity index (χ2v) is 9.82. The number of hydrogen-bond donors (Lipinski definition) is 0. The summed E-state index contributed by atoms with van der Waals surface area (Å²) in [6, 6.07) is 13.6. The van der Waals surface area contributed by atoms with Crippen molar-refractivity contribution in [3.8, 4) is 0 Å². The molecule has 5 nitrogen and oxygen atoms in total. The van der Waals surface area contributed by atoms with Crippen LogP contribution < -0.4 is 0 Å². The van der Waals surface area contributed by atoms with Gasteiger partial charge in [-0.2, -0.15) is 0 Å². The van der Waals surface area contributed by atoms with Crippen molar-refractivity contribution in [3.63, 3.8) is 0 Å². The van der Waals surface area contributed by atoms with Crippen LogP contribution >= 0.6 is 0 Å². The molecule has 2 aromatic carbocycles. The summed E-state index contributed by atoms with van der Waals surface area (Å²) in [4.78, 5) is 37.0. The number of Topliss-reactive ketones (excluding diaryl/α,β-unsaturated/α-hetero) is 1. The largest absolute Gasteiger partial charge is 0.456 e. The Kier molecular flexibility index (Phi) is 8.43. The molecule has 0 bridgehead atoms.